The minimum Gasteiger partial charge on any atom is -0.322 e. The van der Waals surface area contributed by atoms with Crippen molar-refractivity contribution in [3.63, 3.8) is 0 Å². The third-order valence-electron chi connectivity index (χ3n) is 2.37. The molecule has 0 saturated heterocycles. The summed E-state index contributed by atoms with van der Waals surface area (Å²) in [6.07, 6.45) is 0. The van der Waals surface area contributed by atoms with Crippen LogP contribution in [0.15, 0.2) is 40.9 Å². The number of halogens is 4. The lowest BCUT2D eigenvalue weighted by atomic mass is 10.2. The molecule has 0 atom stereocenters. The van der Waals surface area contributed by atoms with Crippen LogP contribution in [0.4, 0.5) is 18.9 Å². The predicted octanol–water partition coefficient (Wildman–Crippen LogP) is 4.12. The van der Waals surface area contributed by atoms with Gasteiger partial charge < -0.3 is 5.32 Å². The van der Waals surface area contributed by atoms with E-state index in [1.165, 1.54) is 18.2 Å². The number of nitrogens with one attached hydrogen (secondary N) is 1. The average Bonchev–Trinajstić information content (AvgIpc) is 2.33. The van der Waals surface area contributed by atoms with Crippen molar-refractivity contribution in [3.05, 3.63) is 63.9 Å². The first-order chi connectivity index (χ1) is 8.99. The molecule has 98 valence electrons. The topological polar surface area (TPSA) is 29.1 Å². The number of hydrogen-bond donors (Lipinski definition) is 1. The molecule has 0 radical (unpaired) electrons. The molecule has 2 rings (SSSR count). The average molecular weight is 330 g/mol. The van der Waals surface area contributed by atoms with E-state index in [9.17, 15) is 18.0 Å². The first kappa shape index (κ1) is 13.6. The van der Waals surface area contributed by atoms with Crippen molar-refractivity contribution in [1.29, 1.82) is 0 Å². The SMILES string of the molecule is O=C(Nc1ccc(F)c(F)c1)c1c(F)cccc1Br. The molecule has 0 saturated carbocycles. The summed E-state index contributed by atoms with van der Waals surface area (Å²) in [6, 6.07) is 6.95. The van der Waals surface area contributed by atoms with E-state index in [0.29, 0.717) is 0 Å². The Hall–Kier alpha value is -1.82. The highest BCUT2D eigenvalue weighted by molar-refractivity contribution is 9.10. The van der Waals surface area contributed by atoms with Crippen LogP contribution in [0.1, 0.15) is 10.4 Å². The summed E-state index contributed by atoms with van der Waals surface area (Å²) in [6.45, 7) is 0. The lowest BCUT2D eigenvalue weighted by Gasteiger charge is -2.08. The molecular weight excluding hydrogens is 323 g/mol. The highest BCUT2D eigenvalue weighted by atomic mass is 79.9. The molecule has 0 spiro atoms. The maximum Gasteiger partial charge on any atom is 0.259 e. The van der Waals surface area contributed by atoms with Crippen LogP contribution in [0, 0.1) is 17.5 Å². The van der Waals surface area contributed by atoms with Crippen LogP contribution in [-0.4, -0.2) is 5.91 Å². The molecule has 0 aliphatic heterocycles. The summed E-state index contributed by atoms with van der Waals surface area (Å²) in [5.74, 6) is -3.58. The minimum absolute atomic E-state index is 0.0408. The van der Waals surface area contributed by atoms with Crippen LogP contribution >= 0.6 is 15.9 Å². The summed E-state index contributed by atoms with van der Waals surface area (Å²) in [4.78, 5) is 11.9. The number of rotatable bonds is 2. The first-order valence-electron chi connectivity index (χ1n) is 5.19. The Labute approximate surface area is 115 Å². The van der Waals surface area contributed by atoms with Gasteiger partial charge in [-0.2, -0.15) is 0 Å². The van der Waals surface area contributed by atoms with Gasteiger partial charge in [0.05, 0.1) is 5.56 Å². The molecule has 2 nitrogen and oxygen atoms in total. The van der Waals surface area contributed by atoms with Gasteiger partial charge in [0, 0.05) is 16.2 Å². The van der Waals surface area contributed by atoms with Gasteiger partial charge >= 0.3 is 0 Å². The van der Waals surface area contributed by atoms with Crippen LogP contribution in [0.5, 0.6) is 0 Å². The maximum absolute atomic E-state index is 13.5. The smallest absolute Gasteiger partial charge is 0.259 e. The van der Waals surface area contributed by atoms with E-state index in [1.54, 1.807) is 0 Å². The molecular formula is C13H7BrF3NO. The quantitative estimate of drug-likeness (QED) is 0.882. The third-order valence-corrected chi connectivity index (χ3v) is 3.03. The Kier molecular flexibility index (Phi) is 3.90. The molecule has 0 heterocycles. The molecule has 0 aliphatic rings. The lowest BCUT2D eigenvalue weighted by molar-refractivity contribution is 0.102. The van der Waals surface area contributed by atoms with Crippen molar-refractivity contribution in [3.8, 4) is 0 Å². The van der Waals surface area contributed by atoms with Crippen LogP contribution in [-0.2, 0) is 0 Å². The summed E-state index contributed by atoms with van der Waals surface area (Å²) in [5.41, 5.74) is -0.161. The molecule has 6 heteroatoms. The Morgan fingerprint density at radius 2 is 1.74 bits per heavy atom. The monoisotopic (exact) mass is 329 g/mol. The second-order valence-electron chi connectivity index (χ2n) is 3.68. The van der Waals surface area contributed by atoms with Gasteiger partial charge in [-0.3, -0.25) is 4.79 Å². The second kappa shape index (κ2) is 5.44. The zero-order valence-corrected chi connectivity index (χ0v) is 11.0. The molecule has 0 bridgehead atoms. The Morgan fingerprint density at radius 1 is 1.00 bits per heavy atom. The van der Waals surface area contributed by atoms with E-state index in [1.807, 2.05) is 0 Å². The number of hydrogen-bond acceptors (Lipinski definition) is 1. The van der Waals surface area contributed by atoms with Crippen molar-refractivity contribution in [2.45, 2.75) is 0 Å². The minimum atomic E-state index is -1.09. The van der Waals surface area contributed by atoms with Crippen molar-refractivity contribution in [2.75, 3.05) is 5.32 Å². The molecule has 2 aromatic rings. The van der Waals surface area contributed by atoms with E-state index in [2.05, 4.69) is 21.2 Å². The number of carbonyl (C=O) groups is 1. The molecule has 1 amide bonds. The fourth-order valence-corrected chi connectivity index (χ4v) is 2.00. The Balaban J connectivity index is 2.28. The van der Waals surface area contributed by atoms with Gasteiger partial charge in [0.15, 0.2) is 11.6 Å². The zero-order chi connectivity index (χ0) is 14.0. The lowest BCUT2D eigenvalue weighted by Crippen LogP contribution is -2.14. The number of benzene rings is 2. The normalized spacial score (nSPS) is 10.3. The Bertz CT molecular complexity index is 626. The van der Waals surface area contributed by atoms with Crippen LogP contribution in [0.2, 0.25) is 0 Å². The van der Waals surface area contributed by atoms with Gasteiger partial charge in [-0.15, -0.1) is 0 Å². The third kappa shape index (κ3) is 2.96. The number of amides is 1. The highest BCUT2D eigenvalue weighted by Crippen LogP contribution is 2.21. The van der Waals surface area contributed by atoms with Crippen LogP contribution in [0.3, 0.4) is 0 Å². The van der Waals surface area contributed by atoms with Crippen molar-refractivity contribution < 1.29 is 18.0 Å². The van der Waals surface area contributed by atoms with Gasteiger partial charge in [-0.1, -0.05) is 6.07 Å². The van der Waals surface area contributed by atoms with E-state index < -0.39 is 23.4 Å². The zero-order valence-electron chi connectivity index (χ0n) is 9.38. The van der Waals surface area contributed by atoms with Gasteiger partial charge in [0.1, 0.15) is 5.82 Å². The highest BCUT2D eigenvalue weighted by Gasteiger charge is 2.16. The van der Waals surface area contributed by atoms with E-state index >= 15 is 0 Å². The Morgan fingerprint density at radius 3 is 2.37 bits per heavy atom. The van der Waals surface area contributed by atoms with Crippen LogP contribution in [0.25, 0.3) is 0 Å². The van der Waals surface area contributed by atoms with Gasteiger partial charge in [0.2, 0.25) is 0 Å². The van der Waals surface area contributed by atoms with Crippen molar-refractivity contribution in [2.24, 2.45) is 0 Å². The molecule has 1 N–H and O–H groups in total. The standard InChI is InChI=1S/C13H7BrF3NO/c14-8-2-1-3-10(16)12(8)13(19)18-7-4-5-9(15)11(17)6-7/h1-6H,(H,18,19). The van der Waals surface area contributed by atoms with E-state index in [0.717, 1.165) is 18.2 Å². The predicted molar refractivity (Wildman–Crippen MR) is 68.4 cm³/mol. The van der Waals surface area contributed by atoms with Crippen molar-refractivity contribution >= 4 is 27.5 Å². The molecule has 2 aromatic carbocycles. The molecule has 0 unspecified atom stereocenters. The fourth-order valence-electron chi connectivity index (χ4n) is 1.48. The first-order valence-corrected chi connectivity index (χ1v) is 5.99. The largest absolute Gasteiger partial charge is 0.322 e. The fraction of sp³-hybridized carbons (Fsp3) is 0. The number of anilines is 1. The van der Waals surface area contributed by atoms with Crippen LogP contribution < -0.4 is 5.32 Å². The molecule has 0 fully saturated rings. The van der Waals surface area contributed by atoms with E-state index in [4.69, 9.17) is 0 Å². The van der Waals surface area contributed by atoms with Crippen molar-refractivity contribution in [1.82, 2.24) is 0 Å². The van der Waals surface area contributed by atoms with Gasteiger partial charge in [-0.25, -0.2) is 13.2 Å². The molecule has 0 aromatic heterocycles. The summed E-state index contributed by atoms with van der Waals surface area (Å²) < 4.78 is 39.5. The van der Waals surface area contributed by atoms with Gasteiger partial charge in [-0.05, 0) is 40.2 Å². The van der Waals surface area contributed by atoms with Gasteiger partial charge in [0.25, 0.3) is 5.91 Å². The second-order valence-corrected chi connectivity index (χ2v) is 4.53. The molecule has 0 aliphatic carbocycles. The maximum atomic E-state index is 13.5. The molecule has 19 heavy (non-hydrogen) atoms. The number of carbonyl (C=O) groups excluding carboxylic acids is 1. The van der Waals surface area contributed by atoms with E-state index in [-0.39, 0.29) is 15.7 Å². The summed E-state index contributed by atoms with van der Waals surface area (Å²) >= 11 is 3.05. The summed E-state index contributed by atoms with van der Waals surface area (Å²) in [5, 5.41) is 2.29. The summed E-state index contributed by atoms with van der Waals surface area (Å²) in [7, 11) is 0.